The van der Waals surface area contributed by atoms with Gasteiger partial charge in [-0.05, 0) is 18.2 Å². The van der Waals surface area contributed by atoms with E-state index in [1.807, 2.05) is 0 Å². The fraction of sp³-hybridized carbons (Fsp3) is 0.0769. The predicted octanol–water partition coefficient (Wildman–Crippen LogP) is 3.81. The standard InChI is InChI=1S/C13H9ClF3N/c14-8-5-6-10(16)12(17)11(8)13(18)7-3-1-2-4-9(7)15/h1-6,13H,18H2. The lowest BCUT2D eigenvalue weighted by Crippen LogP contribution is -2.16. The summed E-state index contributed by atoms with van der Waals surface area (Å²) in [7, 11) is 0. The van der Waals surface area contributed by atoms with Gasteiger partial charge in [0.15, 0.2) is 11.6 Å². The van der Waals surface area contributed by atoms with Gasteiger partial charge in [-0.1, -0.05) is 29.8 Å². The van der Waals surface area contributed by atoms with Gasteiger partial charge >= 0.3 is 0 Å². The Morgan fingerprint density at radius 2 is 1.61 bits per heavy atom. The van der Waals surface area contributed by atoms with E-state index < -0.39 is 23.5 Å². The predicted molar refractivity (Wildman–Crippen MR) is 63.8 cm³/mol. The Morgan fingerprint density at radius 3 is 2.28 bits per heavy atom. The van der Waals surface area contributed by atoms with Crippen molar-refractivity contribution in [3.05, 3.63) is 70.0 Å². The van der Waals surface area contributed by atoms with Crippen molar-refractivity contribution in [2.24, 2.45) is 5.73 Å². The van der Waals surface area contributed by atoms with E-state index in [4.69, 9.17) is 17.3 Å². The topological polar surface area (TPSA) is 26.0 Å². The molecule has 0 aliphatic rings. The van der Waals surface area contributed by atoms with E-state index in [2.05, 4.69) is 0 Å². The molecule has 2 rings (SSSR count). The highest BCUT2D eigenvalue weighted by Crippen LogP contribution is 2.31. The van der Waals surface area contributed by atoms with Gasteiger partial charge in [-0.2, -0.15) is 0 Å². The minimum Gasteiger partial charge on any atom is -0.320 e. The molecule has 0 aromatic heterocycles. The quantitative estimate of drug-likeness (QED) is 0.826. The average molecular weight is 272 g/mol. The van der Waals surface area contributed by atoms with E-state index in [0.717, 1.165) is 6.07 Å². The molecule has 0 aliphatic carbocycles. The van der Waals surface area contributed by atoms with Crippen LogP contribution < -0.4 is 5.73 Å². The fourth-order valence-corrected chi connectivity index (χ4v) is 1.97. The van der Waals surface area contributed by atoms with Crippen LogP contribution in [0.15, 0.2) is 36.4 Å². The van der Waals surface area contributed by atoms with E-state index in [9.17, 15) is 13.2 Å². The second kappa shape index (κ2) is 5.00. The highest BCUT2D eigenvalue weighted by atomic mass is 35.5. The first-order valence-corrected chi connectivity index (χ1v) is 5.53. The molecule has 0 bridgehead atoms. The third-order valence-corrected chi connectivity index (χ3v) is 2.96. The monoisotopic (exact) mass is 271 g/mol. The highest BCUT2D eigenvalue weighted by Gasteiger charge is 2.22. The van der Waals surface area contributed by atoms with Gasteiger partial charge in [0, 0.05) is 16.1 Å². The molecule has 0 heterocycles. The molecule has 0 amide bonds. The van der Waals surface area contributed by atoms with E-state index in [1.165, 1.54) is 24.3 Å². The van der Waals surface area contributed by atoms with Crippen molar-refractivity contribution in [1.82, 2.24) is 0 Å². The van der Waals surface area contributed by atoms with E-state index >= 15 is 0 Å². The molecule has 1 unspecified atom stereocenters. The number of halogens is 4. The summed E-state index contributed by atoms with van der Waals surface area (Å²) in [4.78, 5) is 0. The van der Waals surface area contributed by atoms with Crippen molar-refractivity contribution in [2.75, 3.05) is 0 Å². The molecule has 0 saturated heterocycles. The van der Waals surface area contributed by atoms with Gasteiger partial charge in [-0.3, -0.25) is 0 Å². The lowest BCUT2D eigenvalue weighted by atomic mass is 9.98. The number of hydrogen-bond acceptors (Lipinski definition) is 1. The van der Waals surface area contributed by atoms with Crippen LogP contribution in [-0.4, -0.2) is 0 Å². The summed E-state index contributed by atoms with van der Waals surface area (Å²) in [5, 5.41) is -0.0374. The van der Waals surface area contributed by atoms with E-state index in [-0.39, 0.29) is 16.1 Å². The Hall–Kier alpha value is -1.52. The summed E-state index contributed by atoms with van der Waals surface area (Å²) in [5.74, 6) is -2.82. The molecule has 5 heteroatoms. The minimum atomic E-state index is -1.16. The molecule has 0 aliphatic heterocycles. The Bertz CT molecular complexity index is 586. The first kappa shape index (κ1) is 12.9. The summed E-state index contributed by atoms with van der Waals surface area (Å²) in [6, 6.07) is 6.57. The van der Waals surface area contributed by atoms with Gasteiger partial charge < -0.3 is 5.73 Å². The lowest BCUT2D eigenvalue weighted by Gasteiger charge is -2.16. The van der Waals surface area contributed by atoms with Crippen LogP contribution in [0.5, 0.6) is 0 Å². The van der Waals surface area contributed by atoms with Crippen molar-refractivity contribution in [1.29, 1.82) is 0 Å². The normalized spacial score (nSPS) is 12.5. The van der Waals surface area contributed by atoms with Gasteiger partial charge in [-0.25, -0.2) is 13.2 Å². The average Bonchev–Trinajstić information content (AvgIpc) is 2.35. The molecular weight excluding hydrogens is 263 g/mol. The SMILES string of the molecule is NC(c1ccccc1F)c1c(Cl)ccc(F)c1F. The number of rotatable bonds is 2. The van der Waals surface area contributed by atoms with Crippen LogP contribution in [0.2, 0.25) is 5.02 Å². The fourth-order valence-electron chi connectivity index (χ4n) is 1.71. The van der Waals surface area contributed by atoms with Crippen molar-refractivity contribution >= 4 is 11.6 Å². The molecule has 2 aromatic carbocycles. The Morgan fingerprint density at radius 1 is 0.944 bits per heavy atom. The van der Waals surface area contributed by atoms with Gasteiger partial charge in [-0.15, -0.1) is 0 Å². The molecular formula is C13H9ClF3N. The molecule has 0 spiro atoms. The van der Waals surface area contributed by atoms with Crippen molar-refractivity contribution in [3.8, 4) is 0 Å². The van der Waals surface area contributed by atoms with Crippen molar-refractivity contribution < 1.29 is 13.2 Å². The van der Waals surface area contributed by atoms with Crippen LogP contribution in [0.25, 0.3) is 0 Å². The number of benzene rings is 2. The zero-order valence-corrected chi connectivity index (χ0v) is 9.89. The van der Waals surface area contributed by atoms with Crippen LogP contribution in [0.1, 0.15) is 17.2 Å². The number of hydrogen-bond donors (Lipinski definition) is 1. The minimum absolute atomic E-state index is 0.0374. The highest BCUT2D eigenvalue weighted by molar-refractivity contribution is 6.31. The molecule has 2 aromatic rings. The lowest BCUT2D eigenvalue weighted by molar-refractivity contribution is 0.492. The maximum atomic E-state index is 13.7. The van der Waals surface area contributed by atoms with E-state index in [1.54, 1.807) is 6.07 Å². The van der Waals surface area contributed by atoms with Crippen LogP contribution in [0.4, 0.5) is 13.2 Å². The molecule has 0 saturated carbocycles. The molecule has 0 fully saturated rings. The number of nitrogens with two attached hydrogens (primary N) is 1. The Labute approximate surface area is 107 Å². The van der Waals surface area contributed by atoms with E-state index in [0.29, 0.717) is 0 Å². The third kappa shape index (κ3) is 2.21. The Kier molecular flexibility index (Phi) is 3.59. The van der Waals surface area contributed by atoms with Gasteiger partial charge in [0.2, 0.25) is 0 Å². The largest absolute Gasteiger partial charge is 0.320 e. The first-order chi connectivity index (χ1) is 8.52. The summed E-state index contributed by atoms with van der Waals surface area (Å²) < 4.78 is 40.4. The molecule has 94 valence electrons. The van der Waals surface area contributed by atoms with Crippen LogP contribution in [-0.2, 0) is 0 Å². The first-order valence-electron chi connectivity index (χ1n) is 5.15. The Balaban J connectivity index is 2.56. The molecule has 1 nitrogen and oxygen atoms in total. The molecule has 0 radical (unpaired) electrons. The maximum absolute atomic E-state index is 13.7. The summed E-state index contributed by atoms with van der Waals surface area (Å²) in [5.41, 5.74) is 5.57. The zero-order valence-electron chi connectivity index (χ0n) is 9.13. The van der Waals surface area contributed by atoms with Crippen molar-refractivity contribution in [2.45, 2.75) is 6.04 Å². The summed E-state index contributed by atoms with van der Waals surface area (Å²) in [6.45, 7) is 0. The van der Waals surface area contributed by atoms with Crippen LogP contribution in [0.3, 0.4) is 0 Å². The molecule has 2 N–H and O–H groups in total. The molecule has 18 heavy (non-hydrogen) atoms. The summed E-state index contributed by atoms with van der Waals surface area (Å²) in [6.07, 6.45) is 0. The van der Waals surface area contributed by atoms with Gasteiger partial charge in [0.1, 0.15) is 5.82 Å². The molecule has 1 atom stereocenters. The van der Waals surface area contributed by atoms with Gasteiger partial charge in [0.05, 0.1) is 6.04 Å². The smallest absolute Gasteiger partial charge is 0.165 e. The van der Waals surface area contributed by atoms with Crippen molar-refractivity contribution in [3.63, 3.8) is 0 Å². The van der Waals surface area contributed by atoms with Gasteiger partial charge in [0.25, 0.3) is 0 Å². The van der Waals surface area contributed by atoms with Crippen LogP contribution in [0, 0.1) is 17.5 Å². The maximum Gasteiger partial charge on any atom is 0.165 e. The van der Waals surface area contributed by atoms with Crippen LogP contribution >= 0.6 is 11.6 Å². The third-order valence-electron chi connectivity index (χ3n) is 2.63. The second-order valence-corrected chi connectivity index (χ2v) is 4.16. The zero-order chi connectivity index (χ0) is 13.3. The summed E-state index contributed by atoms with van der Waals surface area (Å²) >= 11 is 5.79. The second-order valence-electron chi connectivity index (χ2n) is 3.76.